The Hall–Kier alpha value is -1.36. The monoisotopic (exact) mass is 266 g/mol. The van der Waals surface area contributed by atoms with Crippen molar-refractivity contribution in [1.29, 1.82) is 0 Å². The van der Waals surface area contributed by atoms with Gasteiger partial charge in [-0.3, -0.25) is 9.59 Å². The van der Waals surface area contributed by atoms with Gasteiger partial charge < -0.3 is 9.80 Å². The van der Waals surface area contributed by atoms with E-state index in [0.29, 0.717) is 32.6 Å². The SMILES string of the molecule is CC(=O)N1CCN(C(=O)CCc2ccsc2)CC1. The molecule has 1 aromatic rings. The summed E-state index contributed by atoms with van der Waals surface area (Å²) in [6.45, 7) is 4.25. The number of carbonyl (C=O) groups excluding carboxylic acids is 2. The first-order chi connectivity index (χ1) is 8.66. The molecule has 1 aliphatic rings. The van der Waals surface area contributed by atoms with E-state index in [1.165, 1.54) is 5.56 Å². The summed E-state index contributed by atoms with van der Waals surface area (Å²) in [6, 6.07) is 2.06. The summed E-state index contributed by atoms with van der Waals surface area (Å²) in [7, 11) is 0. The lowest BCUT2D eigenvalue weighted by Gasteiger charge is -2.34. The fraction of sp³-hybridized carbons (Fsp3) is 0.538. The van der Waals surface area contributed by atoms with Crippen LogP contribution in [0, 0.1) is 0 Å². The molecule has 1 fully saturated rings. The number of thiophene rings is 1. The van der Waals surface area contributed by atoms with Gasteiger partial charge in [0.25, 0.3) is 0 Å². The maximum Gasteiger partial charge on any atom is 0.223 e. The lowest BCUT2D eigenvalue weighted by Crippen LogP contribution is -2.50. The van der Waals surface area contributed by atoms with Crippen LogP contribution < -0.4 is 0 Å². The van der Waals surface area contributed by atoms with Crippen LogP contribution in [0.5, 0.6) is 0 Å². The van der Waals surface area contributed by atoms with Crippen LogP contribution in [0.15, 0.2) is 16.8 Å². The van der Waals surface area contributed by atoms with E-state index in [9.17, 15) is 9.59 Å². The van der Waals surface area contributed by atoms with Crippen molar-refractivity contribution in [3.63, 3.8) is 0 Å². The minimum absolute atomic E-state index is 0.0976. The van der Waals surface area contributed by atoms with Crippen molar-refractivity contribution < 1.29 is 9.59 Å². The smallest absolute Gasteiger partial charge is 0.223 e. The second kappa shape index (κ2) is 6.00. The lowest BCUT2D eigenvalue weighted by molar-refractivity contribution is -0.138. The van der Waals surface area contributed by atoms with Crippen LogP contribution in [0.3, 0.4) is 0 Å². The fourth-order valence-corrected chi connectivity index (χ4v) is 2.82. The fourth-order valence-electron chi connectivity index (χ4n) is 2.12. The third-order valence-corrected chi connectivity index (χ3v) is 4.02. The number of piperazine rings is 1. The molecule has 2 rings (SSSR count). The number of rotatable bonds is 3. The highest BCUT2D eigenvalue weighted by Crippen LogP contribution is 2.10. The van der Waals surface area contributed by atoms with E-state index in [4.69, 9.17) is 0 Å². The minimum atomic E-state index is 0.0976. The van der Waals surface area contributed by atoms with Crippen molar-refractivity contribution in [2.75, 3.05) is 26.2 Å². The molecule has 1 aliphatic heterocycles. The van der Waals surface area contributed by atoms with Gasteiger partial charge in [0.05, 0.1) is 0 Å². The molecule has 0 N–H and O–H groups in total. The normalized spacial score (nSPS) is 15.8. The number of hydrogen-bond donors (Lipinski definition) is 0. The number of hydrogen-bond acceptors (Lipinski definition) is 3. The average Bonchev–Trinajstić information content (AvgIpc) is 2.89. The van der Waals surface area contributed by atoms with Crippen molar-refractivity contribution >= 4 is 23.2 Å². The van der Waals surface area contributed by atoms with Gasteiger partial charge in [-0.2, -0.15) is 11.3 Å². The van der Waals surface area contributed by atoms with Gasteiger partial charge in [-0.25, -0.2) is 0 Å². The summed E-state index contributed by atoms with van der Waals surface area (Å²) in [5.41, 5.74) is 1.23. The molecule has 0 unspecified atom stereocenters. The van der Waals surface area contributed by atoms with Gasteiger partial charge in [0.15, 0.2) is 0 Å². The first kappa shape index (κ1) is 13.1. The van der Waals surface area contributed by atoms with Crippen molar-refractivity contribution in [3.8, 4) is 0 Å². The molecular weight excluding hydrogens is 248 g/mol. The first-order valence-corrected chi connectivity index (χ1v) is 7.15. The quantitative estimate of drug-likeness (QED) is 0.829. The summed E-state index contributed by atoms with van der Waals surface area (Å²) in [4.78, 5) is 26.8. The largest absolute Gasteiger partial charge is 0.339 e. The summed E-state index contributed by atoms with van der Waals surface area (Å²) >= 11 is 1.66. The molecule has 0 spiro atoms. The van der Waals surface area contributed by atoms with Crippen molar-refractivity contribution in [2.45, 2.75) is 19.8 Å². The van der Waals surface area contributed by atoms with Crippen LogP contribution in [0.4, 0.5) is 0 Å². The number of amides is 2. The van der Waals surface area contributed by atoms with E-state index in [1.54, 1.807) is 23.2 Å². The van der Waals surface area contributed by atoms with E-state index in [-0.39, 0.29) is 11.8 Å². The Morgan fingerprint density at radius 1 is 1.22 bits per heavy atom. The molecule has 0 radical (unpaired) electrons. The van der Waals surface area contributed by atoms with Crippen LogP contribution in [0.25, 0.3) is 0 Å². The van der Waals surface area contributed by atoms with Gasteiger partial charge in [0.1, 0.15) is 0 Å². The highest BCUT2D eigenvalue weighted by molar-refractivity contribution is 7.07. The van der Waals surface area contributed by atoms with Crippen molar-refractivity contribution in [1.82, 2.24) is 9.80 Å². The van der Waals surface area contributed by atoms with Crippen LogP contribution in [-0.4, -0.2) is 47.8 Å². The molecule has 0 aromatic carbocycles. The van der Waals surface area contributed by atoms with Crippen molar-refractivity contribution in [3.05, 3.63) is 22.4 Å². The highest BCUT2D eigenvalue weighted by atomic mass is 32.1. The Morgan fingerprint density at radius 3 is 2.44 bits per heavy atom. The molecule has 2 amide bonds. The zero-order chi connectivity index (χ0) is 13.0. The molecule has 0 saturated carbocycles. The molecule has 5 heteroatoms. The van der Waals surface area contributed by atoms with E-state index < -0.39 is 0 Å². The zero-order valence-corrected chi connectivity index (χ0v) is 11.4. The minimum Gasteiger partial charge on any atom is -0.339 e. The van der Waals surface area contributed by atoms with Crippen molar-refractivity contribution in [2.24, 2.45) is 0 Å². The number of nitrogens with zero attached hydrogens (tertiary/aromatic N) is 2. The van der Waals surface area contributed by atoms with Gasteiger partial charge in [0, 0.05) is 39.5 Å². The van der Waals surface area contributed by atoms with E-state index in [0.717, 1.165) is 6.42 Å². The molecular formula is C13H18N2O2S. The summed E-state index contributed by atoms with van der Waals surface area (Å²) in [5.74, 6) is 0.296. The van der Waals surface area contributed by atoms with Crippen LogP contribution >= 0.6 is 11.3 Å². The molecule has 0 bridgehead atoms. The lowest BCUT2D eigenvalue weighted by atomic mass is 10.1. The second-order valence-electron chi connectivity index (χ2n) is 4.52. The predicted octanol–water partition coefficient (Wildman–Crippen LogP) is 1.37. The van der Waals surface area contributed by atoms with E-state index >= 15 is 0 Å². The Kier molecular flexibility index (Phi) is 4.36. The molecule has 98 valence electrons. The molecule has 2 heterocycles. The average molecular weight is 266 g/mol. The topological polar surface area (TPSA) is 40.6 Å². The van der Waals surface area contributed by atoms with Crippen LogP contribution in [-0.2, 0) is 16.0 Å². The van der Waals surface area contributed by atoms with Gasteiger partial charge in [-0.1, -0.05) is 0 Å². The summed E-state index contributed by atoms with van der Waals surface area (Å²) in [6.07, 6.45) is 1.38. The number of carbonyl (C=O) groups is 2. The number of aryl methyl sites for hydroxylation is 1. The Morgan fingerprint density at radius 2 is 1.89 bits per heavy atom. The Balaban J connectivity index is 1.75. The van der Waals surface area contributed by atoms with Gasteiger partial charge >= 0.3 is 0 Å². The maximum absolute atomic E-state index is 12.0. The standard InChI is InChI=1S/C13H18N2O2S/c1-11(16)14-5-7-15(8-6-14)13(17)3-2-12-4-9-18-10-12/h4,9-10H,2-3,5-8H2,1H3. The molecule has 1 aromatic heterocycles. The first-order valence-electron chi connectivity index (χ1n) is 6.21. The van der Waals surface area contributed by atoms with E-state index in [1.807, 2.05) is 10.3 Å². The van der Waals surface area contributed by atoms with Gasteiger partial charge in [0.2, 0.25) is 11.8 Å². The Bertz CT molecular complexity index is 409. The highest BCUT2D eigenvalue weighted by Gasteiger charge is 2.21. The second-order valence-corrected chi connectivity index (χ2v) is 5.30. The summed E-state index contributed by atoms with van der Waals surface area (Å²) < 4.78 is 0. The molecule has 1 saturated heterocycles. The Labute approximate surface area is 111 Å². The van der Waals surface area contributed by atoms with Crippen LogP contribution in [0.2, 0.25) is 0 Å². The van der Waals surface area contributed by atoms with Crippen LogP contribution in [0.1, 0.15) is 18.9 Å². The third kappa shape index (κ3) is 3.32. The summed E-state index contributed by atoms with van der Waals surface area (Å²) in [5, 5.41) is 4.12. The predicted molar refractivity (Wildman–Crippen MR) is 71.5 cm³/mol. The molecule has 18 heavy (non-hydrogen) atoms. The molecule has 4 nitrogen and oxygen atoms in total. The van der Waals surface area contributed by atoms with Gasteiger partial charge in [-0.15, -0.1) is 0 Å². The molecule has 0 atom stereocenters. The third-order valence-electron chi connectivity index (χ3n) is 3.29. The maximum atomic E-state index is 12.0. The van der Waals surface area contributed by atoms with E-state index in [2.05, 4.69) is 11.4 Å². The van der Waals surface area contributed by atoms with Gasteiger partial charge in [-0.05, 0) is 28.8 Å². The zero-order valence-electron chi connectivity index (χ0n) is 10.6. The molecule has 0 aliphatic carbocycles.